The van der Waals surface area contributed by atoms with Gasteiger partial charge in [0.1, 0.15) is 29.9 Å². The maximum absolute atomic E-state index is 10.5. The van der Waals surface area contributed by atoms with Gasteiger partial charge in [0.25, 0.3) is 0 Å². The van der Waals surface area contributed by atoms with Crippen LogP contribution in [0.2, 0.25) is 0 Å². The van der Waals surface area contributed by atoms with Gasteiger partial charge in [-0.2, -0.15) is 0 Å². The summed E-state index contributed by atoms with van der Waals surface area (Å²) in [7, 11) is 0. The topological polar surface area (TPSA) is 90.2 Å². The van der Waals surface area contributed by atoms with E-state index in [-0.39, 0.29) is 0 Å². The van der Waals surface area contributed by atoms with Crippen LogP contribution in [0.3, 0.4) is 0 Å². The predicted molar refractivity (Wildman–Crippen MR) is 140 cm³/mol. The van der Waals surface area contributed by atoms with Crippen LogP contribution in [0.15, 0.2) is 0 Å². The molecular weight excluding hydrogens is 436 g/mol. The second-order valence-corrected chi connectivity index (χ2v) is 11.4. The number of hydrogen-bond donors (Lipinski definition) is 4. The zero-order valence-corrected chi connectivity index (χ0v) is 22.3. The number of unbranched alkanes of at least 4 members (excludes halogenated alkanes) is 14. The quantitative estimate of drug-likeness (QED) is 0.140. The van der Waals surface area contributed by atoms with Crippen molar-refractivity contribution in [3.63, 3.8) is 0 Å². The molecule has 0 saturated carbocycles. The molecule has 33 heavy (non-hydrogen) atoms. The first-order valence-electron chi connectivity index (χ1n) is 14.0. The predicted octanol–water partition coefficient (Wildman–Crippen LogP) is 5.95. The largest absolute Gasteiger partial charge is 0.394 e. The third-order valence-corrected chi connectivity index (χ3v) is 8.42. The van der Waals surface area contributed by atoms with E-state index in [0.29, 0.717) is 5.25 Å². The van der Waals surface area contributed by atoms with Crippen LogP contribution in [-0.2, 0) is 4.74 Å². The van der Waals surface area contributed by atoms with Gasteiger partial charge < -0.3 is 25.2 Å². The fourth-order valence-electron chi connectivity index (χ4n) is 4.69. The van der Waals surface area contributed by atoms with Gasteiger partial charge >= 0.3 is 0 Å². The molecule has 0 aromatic heterocycles. The van der Waals surface area contributed by atoms with Gasteiger partial charge in [0, 0.05) is 5.25 Å². The average molecular weight is 491 g/mol. The summed E-state index contributed by atoms with van der Waals surface area (Å²) in [6.07, 6.45) is 18.7. The van der Waals surface area contributed by atoms with Gasteiger partial charge in [-0.15, -0.1) is 11.8 Å². The Morgan fingerprint density at radius 3 is 1.52 bits per heavy atom. The Kier molecular flexibility index (Phi) is 19.2. The van der Waals surface area contributed by atoms with Crippen molar-refractivity contribution in [2.24, 2.45) is 0 Å². The molecule has 0 aliphatic carbocycles. The number of thioether (sulfide) groups is 1. The second-order valence-electron chi connectivity index (χ2n) is 9.99. The molecule has 6 heteroatoms. The lowest BCUT2D eigenvalue weighted by atomic mass is 10.0. The molecule has 0 aromatic rings. The van der Waals surface area contributed by atoms with Gasteiger partial charge in [0.05, 0.1) is 6.61 Å². The standard InChI is InChI=1S/C27H54O5S/c1-3-5-7-9-11-13-15-17-19-22(20-18-16-14-12-10-8-6-4-2)33-27-25(31)24(30)26(32-27)23(29)21-28/h22-31H,3-21H2,1-2H3/t23-,24+,25+,26-,27-/m0/s1. The third-order valence-electron chi connectivity index (χ3n) is 6.91. The van der Waals surface area contributed by atoms with Crippen LogP contribution in [0.1, 0.15) is 129 Å². The molecule has 0 radical (unpaired) electrons. The first-order chi connectivity index (χ1) is 16.0. The Hall–Kier alpha value is 0.150. The van der Waals surface area contributed by atoms with Crippen LogP contribution in [0, 0.1) is 0 Å². The summed E-state index contributed by atoms with van der Waals surface area (Å²) < 4.78 is 5.79. The fraction of sp³-hybridized carbons (Fsp3) is 1.00. The van der Waals surface area contributed by atoms with E-state index in [2.05, 4.69) is 13.8 Å². The molecule has 1 heterocycles. The Morgan fingerprint density at radius 2 is 1.09 bits per heavy atom. The molecule has 0 bridgehead atoms. The van der Waals surface area contributed by atoms with Crippen LogP contribution in [0.4, 0.5) is 0 Å². The lowest BCUT2D eigenvalue weighted by Gasteiger charge is -2.23. The molecule has 1 aliphatic heterocycles. The van der Waals surface area contributed by atoms with Crippen molar-refractivity contribution in [1.82, 2.24) is 0 Å². The van der Waals surface area contributed by atoms with Gasteiger partial charge in [0.2, 0.25) is 0 Å². The van der Waals surface area contributed by atoms with Crippen molar-refractivity contribution in [1.29, 1.82) is 0 Å². The normalized spacial score (nSPS) is 24.1. The van der Waals surface area contributed by atoms with Crippen molar-refractivity contribution < 1.29 is 25.2 Å². The maximum atomic E-state index is 10.5. The molecule has 4 N–H and O–H groups in total. The Morgan fingerprint density at radius 1 is 0.667 bits per heavy atom. The molecule has 1 rings (SSSR count). The van der Waals surface area contributed by atoms with Crippen LogP contribution in [0.5, 0.6) is 0 Å². The maximum Gasteiger partial charge on any atom is 0.132 e. The van der Waals surface area contributed by atoms with E-state index in [1.54, 1.807) is 11.8 Å². The highest BCUT2D eigenvalue weighted by Crippen LogP contribution is 2.36. The number of hydrogen-bond acceptors (Lipinski definition) is 6. The minimum atomic E-state index is -1.17. The van der Waals surface area contributed by atoms with Crippen LogP contribution in [-0.4, -0.2) is 62.1 Å². The van der Waals surface area contributed by atoms with Gasteiger partial charge in [-0.05, 0) is 12.8 Å². The van der Waals surface area contributed by atoms with E-state index in [1.165, 1.54) is 103 Å². The zero-order chi connectivity index (χ0) is 24.3. The molecule has 0 unspecified atom stereocenters. The van der Waals surface area contributed by atoms with E-state index in [1.807, 2.05) is 0 Å². The molecule has 1 saturated heterocycles. The molecule has 1 fully saturated rings. The molecule has 5 atom stereocenters. The molecular formula is C27H54O5S. The highest BCUT2D eigenvalue weighted by Gasteiger charge is 2.46. The van der Waals surface area contributed by atoms with Gasteiger partial charge in [-0.1, -0.05) is 117 Å². The van der Waals surface area contributed by atoms with Gasteiger partial charge in [-0.25, -0.2) is 0 Å². The van der Waals surface area contributed by atoms with E-state index < -0.39 is 36.5 Å². The summed E-state index contributed by atoms with van der Waals surface area (Å²) in [4.78, 5) is 0. The van der Waals surface area contributed by atoms with Crippen LogP contribution < -0.4 is 0 Å². The van der Waals surface area contributed by atoms with Gasteiger partial charge in [0.15, 0.2) is 0 Å². The van der Waals surface area contributed by atoms with Crippen molar-refractivity contribution in [2.75, 3.05) is 6.61 Å². The average Bonchev–Trinajstić information content (AvgIpc) is 3.10. The first-order valence-corrected chi connectivity index (χ1v) is 14.9. The molecule has 198 valence electrons. The number of aliphatic hydroxyl groups excluding tert-OH is 4. The fourth-order valence-corrected chi connectivity index (χ4v) is 6.19. The summed E-state index contributed by atoms with van der Waals surface area (Å²) in [5.41, 5.74) is -0.542. The molecule has 1 aliphatic rings. The minimum absolute atomic E-state index is 0.391. The summed E-state index contributed by atoms with van der Waals surface area (Å²) >= 11 is 1.62. The van der Waals surface area contributed by atoms with Crippen molar-refractivity contribution >= 4 is 11.8 Å². The third kappa shape index (κ3) is 13.7. The lowest BCUT2D eigenvalue weighted by Crippen LogP contribution is -2.40. The van der Waals surface area contributed by atoms with Crippen LogP contribution in [0.25, 0.3) is 0 Å². The van der Waals surface area contributed by atoms with E-state index >= 15 is 0 Å². The highest BCUT2D eigenvalue weighted by atomic mass is 32.2. The molecule has 0 aromatic carbocycles. The summed E-state index contributed by atoms with van der Waals surface area (Å²) in [5, 5.41) is 40.2. The lowest BCUT2D eigenvalue weighted by molar-refractivity contribution is -0.0713. The Balaban J connectivity index is 2.40. The van der Waals surface area contributed by atoms with Crippen molar-refractivity contribution in [3.05, 3.63) is 0 Å². The number of ether oxygens (including phenoxy) is 1. The molecule has 0 amide bonds. The Bertz CT molecular complexity index is 419. The first kappa shape index (κ1) is 31.2. The van der Waals surface area contributed by atoms with E-state index in [0.717, 1.165) is 12.8 Å². The smallest absolute Gasteiger partial charge is 0.132 e. The number of rotatable bonds is 22. The summed E-state index contributed by atoms with van der Waals surface area (Å²) in [6.45, 7) is 4.02. The molecule has 0 spiro atoms. The van der Waals surface area contributed by atoms with Crippen molar-refractivity contribution in [2.45, 2.75) is 165 Å². The van der Waals surface area contributed by atoms with E-state index in [9.17, 15) is 20.4 Å². The van der Waals surface area contributed by atoms with Gasteiger partial charge in [-0.3, -0.25) is 0 Å². The monoisotopic (exact) mass is 490 g/mol. The highest BCUT2D eigenvalue weighted by molar-refractivity contribution is 8.00. The summed E-state index contributed by atoms with van der Waals surface area (Å²) in [6, 6.07) is 0. The van der Waals surface area contributed by atoms with Crippen molar-refractivity contribution in [3.8, 4) is 0 Å². The zero-order valence-electron chi connectivity index (χ0n) is 21.5. The van der Waals surface area contributed by atoms with E-state index in [4.69, 9.17) is 4.74 Å². The number of aliphatic hydroxyl groups is 4. The SMILES string of the molecule is CCCCCCCCCCC(CCCCCCCCCC)S[C@@H]1O[C@@H]([C@@H](O)CO)[C@H](O)[C@H]1O. The molecule has 5 nitrogen and oxygen atoms in total. The summed E-state index contributed by atoms with van der Waals surface area (Å²) in [5.74, 6) is 0. The van der Waals surface area contributed by atoms with Crippen LogP contribution >= 0.6 is 11.8 Å². The Labute approximate surface area is 208 Å². The minimum Gasteiger partial charge on any atom is -0.394 e. The second kappa shape index (κ2) is 20.4.